The van der Waals surface area contributed by atoms with Crippen LogP contribution in [0.25, 0.3) is 49.3 Å². The number of aromatic nitrogens is 5. The zero-order valence-electron chi connectivity index (χ0n) is 48.5. The molecule has 9 heteroatoms. The van der Waals surface area contributed by atoms with Crippen LogP contribution in [-0.4, -0.2) is 55.9 Å². The highest BCUT2D eigenvalue weighted by molar-refractivity contribution is 5.91. The molecule has 1 unspecified atom stereocenters. The Morgan fingerprint density at radius 2 is 1.07 bits per heavy atom. The molecule has 1 fully saturated rings. The summed E-state index contributed by atoms with van der Waals surface area (Å²) in [4.78, 5) is 0. The van der Waals surface area contributed by atoms with E-state index in [0.29, 0.717) is 18.7 Å². The number of hydrogen-bond donors (Lipinski definition) is 0. The standard InChI is InChI=1S/C19H24N2.C17H25NO.C16H21NO2.C14H19NO/c1-13-11-17-16(9-10-20(17)19(4,5)6)18(12-13)21-14(2)7-8-15(21)3;1-4-5-6-7-13-19-17-10-8-9-16-15(17)11-12-18(16)14(2)3;1-12(2)17-9-8-14-15(17)6-3-7-16(14)19-11-13-5-4-10-18-13;1-10-8-12-11(13(9-10)16-5)6-7-15(12)14(2,3)4/h7-12H,1-6H3;8-12,14H,4-7,13H2,1-3H3;3,6-9,12-13H,4-5,10-11H2,1-2H3;6-9H,1-5H3. The van der Waals surface area contributed by atoms with Gasteiger partial charge in [-0.05, 0) is 212 Å². The molecule has 0 bridgehead atoms. The van der Waals surface area contributed by atoms with Crippen molar-refractivity contribution in [1.29, 1.82) is 0 Å². The predicted molar refractivity (Wildman–Crippen MR) is 317 cm³/mol. The van der Waals surface area contributed by atoms with E-state index in [2.05, 4.69) is 242 Å². The fraction of sp³-hybridized carbons (Fsp3) is 0.455. The van der Waals surface area contributed by atoms with Gasteiger partial charge in [0.1, 0.15) is 23.9 Å². The third-order valence-corrected chi connectivity index (χ3v) is 14.3. The van der Waals surface area contributed by atoms with E-state index in [4.69, 9.17) is 18.9 Å². The molecule has 1 atom stereocenters. The minimum atomic E-state index is 0.0909. The lowest BCUT2D eigenvalue weighted by Gasteiger charge is -2.23. The van der Waals surface area contributed by atoms with E-state index in [1.165, 1.54) is 91.1 Å². The van der Waals surface area contributed by atoms with Crippen LogP contribution >= 0.6 is 0 Å². The first-order valence-corrected chi connectivity index (χ1v) is 27.7. The van der Waals surface area contributed by atoms with Crippen molar-refractivity contribution in [3.05, 3.63) is 144 Å². The van der Waals surface area contributed by atoms with Gasteiger partial charge in [0.2, 0.25) is 0 Å². The van der Waals surface area contributed by atoms with Crippen molar-refractivity contribution < 1.29 is 18.9 Å². The molecular weight excluding hydrogens is 927 g/mol. The lowest BCUT2D eigenvalue weighted by molar-refractivity contribution is 0.0685. The Bertz CT molecular complexity index is 3240. The maximum Gasteiger partial charge on any atom is 0.128 e. The van der Waals surface area contributed by atoms with Crippen LogP contribution in [0.15, 0.2) is 122 Å². The Morgan fingerprint density at radius 1 is 0.560 bits per heavy atom. The first kappa shape index (κ1) is 56.4. The van der Waals surface area contributed by atoms with Gasteiger partial charge in [-0.25, -0.2) is 0 Å². The molecule has 4 aromatic carbocycles. The molecule has 1 aliphatic heterocycles. The van der Waals surface area contributed by atoms with Gasteiger partial charge >= 0.3 is 0 Å². The maximum atomic E-state index is 5.96. The van der Waals surface area contributed by atoms with Crippen molar-refractivity contribution in [1.82, 2.24) is 22.8 Å². The molecule has 0 N–H and O–H groups in total. The van der Waals surface area contributed by atoms with Crippen molar-refractivity contribution in [3.8, 4) is 22.9 Å². The molecule has 0 aliphatic carbocycles. The molecule has 0 saturated carbocycles. The SMILES string of the molecule is CC(C)n1ccc2c(OCC3CCCO3)cccc21.CCCCCCOc1cccc2c1ccn2C(C)C.COc1cc(C)cc2c1ccn2C(C)(C)C.Cc1cc(-n2c(C)ccc2C)c2ccn(C(C)(C)C)c2c1. The lowest BCUT2D eigenvalue weighted by Crippen LogP contribution is -2.20. The van der Waals surface area contributed by atoms with Gasteiger partial charge in [-0.2, -0.15) is 0 Å². The number of fused-ring (bicyclic) bond motifs is 4. The van der Waals surface area contributed by atoms with E-state index in [1.807, 2.05) is 6.07 Å². The molecule has 0 spiro atoms. The molecule has 5 aromatic heterocycles. The second-order valence-electron chi connectivity index (χ2n) is 23.1. The zero-order valence-corrected chi connectivity index (χ0v) is 48.5. The molecule has 0 amide bonds. The van der Waals surface area contributed by atoms with E-state index in [-0.39, 0.29) is 17.2 Å². The summed E-state index contributed by atoms with van der Waals surface area (Å²) in [6.07, 6.45) is 16.1. The van der Waals surface area contributed by atoms with Crippen molar-refractivity contribution in [2.24, 2.45) is 0 Å². The molecule has 0 radical (unpaired) electrons. The van der Waals surface area contributed by atoms with Gasteiger partial charge in [0.05, 0.1) is 47.6 Å². The number of methoxy groups -OCH3 is 1. The molecule has 1 aliphatic rings. The fourth-order valence-electron chi connectivity index (χ4n) is 10.4. The number of benzene rings is 4. The quantitative estimate of drug-likeness (QED) is 0.108. The third kappa shape index (κ3) is 13.4. The smallest absolute Gasteiger partial charge is 0.128 e. The number of hydrogen-bond acceptors (Lipinski definition) is 4. The highest BCUT2D eigenvalue weighted by Crippen LogP contribution is 2.34. The second-order valence-corrected chi connectivity index (χ2v) is 23.1. The molecular formula is C66H89N5O4. The predicted octanol–water partition coefficient (Wildman–Crippen LogP) is 17.8. The highest BCUT2D eigenvalue weighted by atomic mass is 16.5. The monoisotopic (exact) mass is 1020 g/mol. The molecule has 1 saturated heterocycles. The Kier molecular flexibility index (Phi) is 18.5. The molecule has 75 heavy (non-hydrogen) atoms. The van der Waals surface area contributed by atoms with Crippen LogP contribution in [0.1, 0.15) is 149 Å². The summed E-state index contributed by atoms with van der Waals surface area (Å²) in [5.41, 5.74) is 11.6. The van der Waals surface area contributed by atoms with Crippen LogP contribution in [-0.2, 0) is 15.8 Å². The van der Waals surface area contributed by atoms with E-state index in [1.54, 1.807) is 7.11 Å². The Morgan fingerprint density at radius 3 is 1.57 bits per heavy atom. The summed E-state index contributed by atoms with van der Waals surface area (Å²) in [5, 5.41) is 4.92. The summed E-state index contributed by atoms with van der Waals surface area (Å²) >= 11 is 0. The first-order chi connectivity index (χ1) is 35.7. The Hall–Kier alpha value is -6.32. The third-order valence-electron chi connectivity index (χ3n) is 14.3. The highest BCUT2D eigenvalue weighted by Gasteiger charge is 2.20. The van der Waals surface area contributed by atoms with E-state index < -0.39 is 0 Å². The maximum absolute atomic E-state index is 5.96. The van der Waals surface area contributed by atoms with Crippen molar-refractivity contribution in [3.63, 3.8) is 0 Å². The average molecular weight is 1020 g/mol. The fourth-order valence-corrected chi connectivity index (χ4v) is 10.4. The number of ether oxygens (including phenoxy) is 4. The normalized spacial score (nSPS) is 13.8. The minimum absolute atomic E-state index is 0.0909. The van der Waals surface area contributed by atoms with Crippen molar-refractivity contribution in [2.75, 3.05) is 26.9 Å². The van der Waals surface area contributed by atoms with Crippen molar-refractivity contribution >= 4 is 43.6 Å². The average Bonchev–Trinajstić information content (AvgIpc) is 4.23. The summed E-state index contributed by atoms with van der Waals surface area (Å²) in [5.74, 6) is 2.94. The summed E-state index contributed by atoms with van der Waals surface area (Å²) in [6.45, 7) is 35.4. The van der Waals surface area contributed by atoms with E-state index in [0.717, 1.165) is 49.7 Å². The van der Waals surface area contributed by atoms with Gasteiger partial charge in [0.15, 0.2) is 0 Å². The van der Waals surface area contributed by atoms with Crippen LogP contribution in [0.4, 0.5) is 0 Å². The lowest BCUT2D eigenvalue weighted by atomic mass is 10.1. The Balaban J connectivity index is 0.000000146. The topological polar surface area (TPSA) is 61.6 Å². The molecule has 6 heterocycles. The number of unbranched alkanes of at least 4 members (excludes halogenated alkanes) is 3. The minimum Gasteiger partial charge on any atom is -0.496 e. The van der Waals surface area contributed by atoms with Crippen LogP contribution in [0.2, 0.25) is 0 Å². The van der Waals surface area contributed by atoms with Gasteiger partial charge in [0, 0.05) is 87.5 Å². The molecule has 10 rings (SSSR count). The number of aryl methyl sites for hydroxylation is 4. The molecule has 9 nitrogen and oxygen atoms in total. The molecule has 402 valence electrons. The van der Waals surface area contributed by atoms with Crippen LogP contribution in [0, 0.1) is 27.7 Å². The summed E-state index contributed by atoms with van der Waals surface area (Å²) < 4.78 is 34.5. The summed E-state index contributed by atoms with van der Waals surface area (Å²) in [6, 6.07) is 35.4. The van der Waals surface area contributed by atoms with Gasteiger partial charge in [-0.3, -0.25) is 0 Å². The largest absolute Gasteiger partial charge is 0.496 e. The van der Waals surface area contributed by atoms with Gasteiger partial charge in [0.25, 0.3) is 0 Å². The number of rotatable bonds is 13. The van der Waals surface area contributed by atoms with E-state index >= 15 is 0 Å². The van der Waals surface area contributed by atoms with Crippen LogP contribution in [0.3, 0.4) is 0 Å². The first-order valence-electron chi connectivity index (χ1n) is 27.7. The van der Waals surface area contributed by atoms with E-state index in [9.17, 15) is 0 Å². The second kappa shape index (κ2) is 24.6. The van der Waals surface area contributed by atoms with Crippen LogP contribution in [0.5, 0.6) is 17.2 Å². The number of nitrogens with zero attached hydrogens (tertiary/aromatic N) is 5. The summed E-state index contributed by atoms with van der Waals surface area (Å²) in [7, 11) is 1.72. The van der Waals surface area contributed by atoms with Gasteiger partial charge < -0.3 is 41.8 Å². The van der Waals surface area contributed by atoms with Gasteiger partial charge in [-0.1, -0.05) is 38.3 Å². The van der Waals surface area contributed by atoms with Crippen LogP contribution < -0.4 is 14.2 Å². The van der Waals surface area contributed by atoms with Crippen molar-refractivity contribution in [2.45, 2.75) is 172 Å². The Labute approximate surface area is 449 Å². The molecule has 9 aromatic rings. The zero-order chi connectivity index (χ0) is 54.2. The van der Waals surface area contributed by atoms with Gasteiger partial charge in [-0.15, -0.1) is 0 Å².